The van der Waals surface area contributed by atoms with Gasteiger partial charge in [0.05, 0.1) is 0 Å². The van der Waals surface area contributed by atoms with Gasteiger partial charge in [-0.25, -0.2) is 14.8 Å². The molecule has 2 aromatic carbocycles. The van der Waals surface area contributed by atoms with Crippen molar-refractivity contribution in [3.8, 4) is 17.4 Å². The van der Waals surface area contributed by atoms with Crippen LogP contribution in [0, 0.1) is 0 Å². The molecule has 0 radical (unpaired) electrons. The van der Waals surface area contributed by atoms with Gasteiger partial charge in [-0.3, -0.25) is 14.3 Å². The van der Waals surface area contributed by atoms with Gasteiger partial charge in [-0.1, -0.05) is 36.4 Å². The average molecular weight is 542 g/mol. The lowest BCUT2D eigenvalue weighted by molar-refractivity contribution is -0.126. The molecule has 2 aromatic heterocycles. The van der Waals surface area contributed by atoms with E-state index < -0.39 is 12.1 Å². The van der Waals surface area contributed by atoms with Crippen LogP contribution in [0.15, 0.2) is 79.5 Å². The Bertz CT molecular complexity index is 1480. The third-order valence-corrected chi connectivity index (χ3v) is 6.71. The molecule has 1 fully saturated rings. The van der Waals surface area contributed by atoms with Crippen LogP contribution >= 0.6 is 0 Å². The van der Waals surface area contributed by atoms with Gasteiger partial charge in [0.15, 0.2) is 11.5 Å². The van der Waals surface area contributed by atoms with Crippen molar-refractivity contribution < 1.29 is 23.8 Å². The first-order chi connectivity index (χ1) is 19.6. The van der Waals surface area contributed by atoms with Crippen molar-refractivity contribution in [1.29, 1.82) is 0 Å². The van der Waals surface area contributed by atoms with E-state index in [0.717, 1.165) is 11.1 Å². The minimum absolute atomic E-state index is 0.117. The van der Waals surface area contributed by atoms with Crippen molar-refractivity contribution in [2.75, 3.05) is 31.3 Å². The Morgan fingerprint density at radius 2 is 1.88 bits per heavy atom. The standard InChI is InChI=1S/C28H27N7O5/c36-26(31-15-21-6-7-23-24(14-21)40-19-39-23)22-16-33(25-8-9-30-27(32-25)34-11-10-29-18-34)12-13-35(22)28(37)38-17-20-4-2-1-3-5-20/h1-11,14,18,22H,12-13,15-17,19H2,(H,31,36). The van der Waals surface area contributed by atoms with E-state index in [4.69, 9.17) is 14.2 Å². The van der Waals surface area contributed by atoms with Crippen molar-refractivity contribution in [2.45, 2.75) is 19.2 Å². The van der Waals surface area contributed by atoms with Gasteiger partial charge >= 0.3 is 6.09 Å². The quantitative estimate of drug-likeness (QED) is 0.376. The normalized spacial score (nSPS) is 16.1. The van der Waals surface area contributed by atoms with Gasteiger partial charge in [0.2, 0.25) is 18.6 Å². The summed E-state index contributed by atoms with van der Waals surface area (Å²) in [5, 5.41) is 2.97. The van der Waals surface area contributed by atoms with E-state index in [1.165, 1.54) is 4.90 Å². The van der Waals surface area contributed by atoms with E-state index in [2.05, 4.69) is 20.3 Å². The molecule has 40 heavy (non-hydrogen) atoms. The highest BCUT2D eigenvalue weighted by Gasteiger charge is 2.37. The summed E-state index contributed by atoms with van der Waals surface area (Å²) in [6.45, 7) is 1.53. The van der Waals surface area contributed by atoms with Gasteiger partial charge in [-0.15, -0.1) is 0 Å². The van der Waals surface area contributed by atoms with Crippen molar-refractivity contribution in [2.24, 2.45) is 0 Å². The van der Waals surface area contributed by atoms with Crippen molar-refractivity contribution in [3.63, 3.8) is 0 Å². The molecule has 4 aromatic rings. The third kappa shape index (κ3) is 5.51. The number of fused-ring (bicyclic) bond motifs is 1. The summed E-state index contributed by atoms with van der Waals surface area (Å²) < 4.78 is 18.1. The number of benzene rings is 2. The summed E-state index contributed by atoms with van der Waals surface area (Å²) in [5.74, 6) is 2.11. The van der Waals surface area contributed by atoms with Crippen LogP contribution in [-0.4, -0.2) is 68.9 Å². The molecule has 6 rings (SSSR count). The molecule has 12 nitrogen and oxygen atoms in total. The summed E-state index contributed by atoms with van der Waals surface area (Å²) in [6, 6.07) is 15.9. The summed E-state index contributed by atoms with van der Waals surface area (Å²) in [7, 11) is 0. The number of hydrogen-bond acceptors (Lipinski definition) is 9. The number of carbonyl (C=O) groups excluding carboxylic acids is 2. The Hall–Kier alpha value is -5.13. The van der Waals surface area contributed by atoms with E-state index in [1.54, 1.807) is 35.6 Å². The summed E-state index contributed by atoms with van der Waals surface area (Å²) in [5.41, 5.74) is 1.72. The van der Waals surface area contributed by atoms with Crippen LogP contribution in [0.25, 0.3) is 5.95 Å². The molecule has 0 bridgehead atoms. The molecule has 1 unspecified atom stereocenters. The highest BCUT2D eigenvalue weighted by Crippen LogP contribution is 2.32. The van der Waals surface area contributed by atoms with E-state index in [-0.39, 0.29) is 38.9 Å². The highest BCUT2D eigenvalue weighted by atomic mass is 16.7. The summed E-state index contributed by atoms with van der Waals surface area (Å²) in [6.07, 6.45) is 6.13. The summed E-state index contributed by atoms with van der Waals surface area (Å²) in [4.78, 5) is 43.2. The van der Waals surface area contributed by atoms with Crippen LogP contribution in [0.4, 0.5) is 10.6 Å². The largest absolute Gasteiger partial charge is 0.454 e. The Morgan fingerprint density at radius 1 is 1.00 bits per heavy atom. The fourth-order valence-corrected chi connectivity index (χ4v) is 4.61. The monoisotopic (exact) mass is 541 g/mol. The maximum atomic E-state index is 13.5. The smallest absolute Gasteiger partial charge is 0.410 e. The molecule has 1 saturated heterocycles. The molecular weight excluding hydrogens is 514 g/mol. The molecule has 0 aliphatic carbocycles. The Balaban J connectivity index is 1.18. The summed E-state index contributed by atoms with van der Waals surface area (Å²) >= 11 is 0. The lowest BCUT2D eigenvalue weighted by atomic mass is 10.1. The minimum Gasteiger partial charge on any atom is -0.454 e. The number of piperazine rings is 1. The molecule has 12 heteroatoms. The maximum absolute atomic E-state index is 13.5. The van der Waals surface area contributed by atoms with Crippen LogP contribution in [0.2, 0.25) is 0 Å². The fraction of sp³-hybridized carbons (Fsp3) is 0.250. The second-order valence-electron chi connectivity index (χ2n) is 9.29. The molecular formula is C28H27N7O5. The Morgan fingerprint density at radius 3 is 2.73 bits per heavy atom. The second-order valence-corrected chi connectivity index (χ2v) is 9.29. The van der Waals surface area contributed by atoms with Crippen molar-refractivity contribution in [1.82, 2.24) is 29.7 Å². The van der Waals surface area contributed by atoms with E-state index in [9.17, 15) is 9.59 Å². The minimum atomic E-state index is -0.808. The molecule has 2 amide bonds. The van der Waals surface area contributed by atoms with Crippen molar-refractivity contribution in [3.05, 3.63) is 90.6 Å². The van der Waals surface area contributed by atoms with Gasteiger partial charge < -0.3 is 24.4 Å². The molecule has 204 valence electrons. The predicted octanol–water partition coefficient (Wildman–Crippen LogP) is 2.53. The number of ether oxygens (including phenoxy) is 3. The zero-order chi connectivity index (χ0) is 27.3. The number of carbonyl (C=O) groups is 2. The zero-order valence-electron chi connectivity index (χ0n) is 21.6. The molecule has 1 atom stereocenters. The molecule has 2 aliphatic heterocycles. The van der Waals surface area contributed by atoms with Gasteiger partial charge in [0, 0.05) is 44.8 Å². The molecule has 2 aliphatic rings. The van der Waals surface area contributed by atoms with E-state index in [0.29, 0.717) is 29.8 Å². The molecule has 0 saturated carbocycles. The SMILES string of the molecule is O=C(NCc1ccc2c(c1)OCO2)C1CN(c2ccnc(-n3ccnc3)n2)CCN1C(=O)OCc1ccccc1. The number of anilines is 1. The average Bonchev–Trinajstić information content (AvgIpc) is 3.72. The highest BCUT2D eigenvalue weighted by molar-refractivity contribution is 5.86. The first kappa shape index (κ1) is 25.2. The number of aromatic nitrogens is 4. The predicted molar refractivity (Wildman–Crippen MR) is 143 cm³/mol. The first-order valence-corrected chi connectivity index (χ1v) is 12.8. The zero-order valence-corrected chi connectivity index (χ0v) is 21.6. The maximum Gasteiger partial charge on any atom is 0.410 e. The van der Waals surface area contributed by atoms with Gasteiger partial charge in [0.25, 0.3) is 0 Å². The van der Waals surface area contributed by atoms with E-state index >= 15 is 0 Å². The number of rotatable bonds is 7. The van der Waals surface area contributed by atoms with Crippen LogP contribution in [0.1, 0.15) is 11.1 Å². The van der Waals surface area contributed by atoms with Crippen LogP contribution < -0.4 is 19.7 Å². The number of amides is 2. The van der Waals surface area contributed by atoms with Crippen molar-refractivity contribution >= 4 is 17.8 Å². The lowest BCUT2D eigenvalue weighted by Crippen LogP contribution is -2.61. The number of imidazole rings is 1. The van der Waals surface area contributed by atoms with Crippen LogP contribution in [0.3, 0.4) is 0 Å². The fourth-order valence-electron chi connectivity index (χ4n) is 4.61. The van der Waals surface area contributed by atoms with Crippen LogP contribution in [-0.2, 0) is 22.7 Å². The number of hydrogen-bond donors (Lipinski definition) is 1. The molecule has 0 spiro atoms. The first-order valence-electron chi connectivity index (χ1n) is 12.8. The molecule has 1 N–H and O–H groups in total. The number of nitrogens with zero attached hydrogens (tertiary/aromatic N) is 6. The van der Waals surface area contributed by atoms with E-state index in [1.807, 2.05) is 53.4 Å². The molecule has 4 heterocycles. The second kappa shape index (κ2) is 11.3. The van der Waals surface area contributed by atoms with Crippen LogP contribution in [0.5, 0.6) is 11.5 Å². The topological polar surface area (TPSA) is 124 Å². The lowest BCUT2D eigenvalue weighted by Gasteiger charge is -2.40. The van der Waals surface area contributed by atoms with Gasteiger partial charge in [0.1, 0.15) is 24.8 Å². The van der Waals surface area contributed by atoms with Gasteiger partial charge in [-0.05, 0) is 29.3 Å². The van der Waals surface area contributed by atoms with Gasteiger partial charge in [-0.2, -0.15) is 4.98 Å². The Labute approximate surface area is 230 Å². The Kier molecular flexibility index (Phi) is 7.12. The third-order valence-electron chi connectivity index (χ3n) is 6.71. The number of nitrogens with one attached hydrogen (secondary N) is 1.